The van der Waals surface area contributed by atoms with Crippen LogP contribution in [-0.2, 0) is 6.54 Å². The molecule has 1 aromatic heterocycles. The van der Waals surface area contributed by atoms with Gasteiger partial charge in [-0.1, -0.05) is 6.08 Å². The summed E-state index contributed by atoms with van der Waals surface area (Å²) < 4.78 is 28.6. The van der Waals surface area contributed by atoms with Crippen molar-refractivity contribution < 1.29 is 18.4 Å². The Hall–Kier alpha value is -4.38. The number of halogens is 2. The fourth-order valence-corrected chi connectivity index (χ4v) is 4.25. The van der Waals surface area contributed by atoms with Gasteiger partial charge in [-0.15, -0.1) is 6.58 Å². The molecule has 0 saturated carbocycles. The highest BCUT2D eigenvalue weighted by atomic mass is 19.1. The highest BCUT2D eigenvalue weighted by Crippen LogP contribution is 2.32. The Morgan fingerprint density at radius 2 is 1.03 bits per heavy atom. The molecule has 0 saturated heterocycles. The van der Waals surface area contributed by atoms with E-state index >= 15 is 0 Å². The van der Waals surface area contributed by atoms with Crippen molar-refractivity contribution in [2.24, 2.45) is 0 Å². The molecule has 166 valence electrons. The van der Waals surface area contributed by atoms with E-state index in [1.807, 2.05) is 12.1 Å². The predicted molar refractivity (Wildman–Crippen MR) is 129 cm³/mol. The lowest BCUT2D eigenvalue weighted by molar-refractivity contribution is 0.103. The molecule has 0 aliphatic carbocycles. The molecule has 0 radical (unpaired) electrons. The number of hydrogen-bond donors (Lipinski definition) is 0. The number of nitrogens with zero attached hydrogens (tertiary/aromatic N) is 1. The van der Waals surface area contributed by atoms with Crippen LogP contribution in [-0.4, -0.2) is 16.1 Å². The van der Waals surface area contributed by atoms with Crippen LogP contribution >= 0.6 is 0 Å². The number of fused-ring (bicyclic) bond motifs is 3. The molecule has 5 heteroatoms. The molecular weight excluding hydrogens is 432 g/mol. The number of aromatic nitrogens is 1. The zero-order valence-electron chi connectivity index (χ0n) is 18.1. The summed E-state index contributed by atoms with van der Waals surface area (Å²) >= 11 is 0. The highest BCUT2D eigenvalue weighted by Gasteiger charge is 2.17. The van der Waals surface area contributed by atoms with E-state index in [9.17, 15) is 18.4 Å². The predicted octanol–water partition coefficient (Wildman–Crippen LogP) is 6.72. The van der Waals surface area contributed by atoms with Crippen LogP contribution in [0.1, 0.15) is 31.8 Å². The Morgan fingerprint density at radius 3 is 1.41 bits per heavy atom. The van der Waals surface area contributed by atoms with Gasteiger partial charge in [0.25, 0.3) is 0 Å². The van der Waals surface area contributed by atoms with Gasteiger partial charge >= 0.3 is 0 Å². The van der Waals surface area contributed by atoms with Crippen molar-refractivity contribution in [1.82, 2.24) is 4.57 Å². The number of rotatable bonds is 6. The van der Waals surface area contributed by atoms with Crippen LogP contribution in [0.3, 0.4) is 0 Å². The number of allylic oxidation sites excluding steroid dienone is 1. The minimum absolute atomic E-state index is 0.218. The van der Waals surface area contributed by atoms with Gasteiger partial charge in [0.2, 0.25) is 0 Å². The molecule has 0 aliphatic rings. The van der Waals surface area contributed by atoms with Gasteiger partial charge in [0, 0.05) is 50.6 Å². The molecule has 0 unspecified atom stereocenters. The van der Waals surface area contributed by atoms with Crippen LogP contribution in [0.25, 0.3) is 21.8 Å². The van der Waals surface area contributed by atoms with Crippen molar-refractivity contribution in [3.05, 3.63) is 131 Å². The Labute approximate surface area is 194 Å². The first kappa shape index (κ1) is 21.5. The van der Waals surface area contributed by atoms with E-state index in [2.05, 4.69) is 11.1 Å². The van der Waals surface area contributed by atoms with E-state index in [1.54, 1.807) is 30.3 Å². The quantitative estimate of drug-likeness (QED) is 0.212. The monoisotopic (exact) mass is 451 g/mol. The first-order valence-corrected chi connectivity index (χ1v) is 10.7. The van der Waals surface area contributed by atoms with Gasteiger partial charge < -0.3 is 4.57 Å². The van der Waals surface area contributed by atoms with Crippen molar-refractivity contribution in [1.29, 1.82) is 0 Å². The summed E-state index contributed by atoms with van der Waals surface area (Å²) in [5.41, 5.74) is 3.51. The van der Waals surface area contributed by atoms with Gasteiger partial charge in [0.05, 0.1) is 0 Å². The molecule has 0 N–H and O–H groups in total. The van der Waals surface area contributed by atoms with Crippen LogP contribution in [0.5, 0.6) is 0 Å². The second kappa shape index (κ2) is 8.52. The SMILES string of the molecule is C=CCn1c2ccc(C(=O)c3ccc(F)cc3)cc2c2cc(C(=O)c3ccc(F)cc3)ccc21. The molecule has 0 aliphatic heterocycles. The van der Waals surface area contributed by atoms with Crippen molar-refractivity contribution in [2.45, 2.75) is 6.54 Å². The molecule has 5 aromatic rings. The lowest BCUT2D eigenvalue weighted by atomic mass is 9.99. The van der Waals surface area contributed by atoms with Crippen LogP contribution < -0.4 is 0 Å². The number of carbonyl (C=O) groups is 2. The molecule has 4 aromatic carbocycles. The average molecular weight is 451 g/mol. The van der Waals surface area contributed by atoms with Gasteiger partial charge in [-0.3, -0.25) is 9.59 Å². The first-order chi connectivity index (χ1) is 16.5. The summed E-state index contributed by atoms with van der Waals surface area (Å²) in [4.78, 5) is 26.1. The summed E-state index contributed by atoms with van der Waals surface area (Å²) in [5, 5.41) is 1.64. The van der Waals surface area contributed by atoms with Crippen molar-refractivity contribution >= 4 is 33.4 Å². The van der Waals surface area contributed by atoms with E-state index in [1.165, 1.54) is 48.5 Å². The van der Waals surface area contributed by atoms with E-state index in [0.29, 0.717) is 28.8 Å². The normalized spacial score (nSPS) is 11.1. The molecule has 0 spiro atoms. The van der Waals surface area contributed by atoms with E-state index in [4.69, 9.17) is 0 Å². The summed E-state index contributed by atoms with van der Waals surface area (Å²) in [7, 11) is 0. The summed E-state index contributed by atoms with van der Waals surface area (Å²) in [6.07, 6.45) is 1.79. The molecular formula is C29H19F2NO2. The molecule has 0 bridgehead atoms. The maximum Gasteiger partial charge on any atom is 0.193 e. The number of hydrogen-bond acceptors (Lipinski definition) is 2. The van der Waals surface area contributed by atoms with Gasteiger partial charge in [0.1, 0.15) is 11.6 Å². The Balaban J connectivity index is 1.66. The average Bonchev–Trinajstić information content (AvgIpc) is 3.16. The van der Waals surface area contributed by atoms with Crippen LogP contribution in [0.15, 0.2) is 97.6 Å². The third-order valence-electron chi connectivity index (χ3n) is 5.91. The maximum atomic E-state index is 13.3. The first-order valence-electron chi connectivity index (χ1n) is 10.7. The molecule has 34 heavy (non-hydrogen) atoms. The van der Waals surface area contributed by atoms with Crippen LogP contribution in [0, 0.1) is 11.6 Å². The molecule has 5 rings (SSSR count). The largest absolute Gasteiger partial charge is 0.337 e. The fraction of sp³-hybridized carbons (Fsp3) is 0.0345. The standard InChI is InChI=1S/C29H19F2NO2/c1-2-15-32-26-13-7-20(28(33)18-3-9-22(30)10-4-18)16-24(26)25-17-21(8-14-27(25)32)29(34)19-5-11-23(31)12-6-19/h2-14,16-17H,1,15H2. The lowest BCUT2D eigenvalue weighted by Gasteiger charge is -2.05. The zero-order chi connectivity index (χ0) is 23.8. The van der Waals surface area contributed by atoms with Crippen LogP contribution in [0.4, 0.5) is 8.78 Å². The topological polar surface area (TPSA) is 39.1 Å². The number of benzene rings is 4. The van der Waals surface area contributed by atoms with E-state index in [-0.39, 0.29) is 11.6 Å². The molecule has 1 heterocycles. The van der Waals surface area contributed by atoms with Gasteiger partial charge in [-0.05, 0) is 84.9 Å². The summed E-state index contributed by atoms with van der Waals surface area (Å²) in [6.45, 7) is 4.40. The number of carbonyl (C=O) groups excluding carboxylic acids is 2. The molecule has 0 amide bonds. The lowest BCUT2D eigenvalue weighted by Crippen LogP contribution is -2.01. The summed E-state index contributed by atoms with van der Waals surface area (Å²) in [6, 6.07) is 21.7. The van der Waals surface area contributed by atoms with Gasteiger partial charge in [-0.25, -0.2) is 8.78 Å². The molecule has 0 atom stereocenters. The van der Waals surface area contributed by atoms with E-state index < -0.39 is 11.6 Å². The highest BCUT2D eigenvalue weighted by molar-refractivity contribution is 6.17. The van der Waals surface area contributed by atoms with Crippen molar-refractivity contribution in [2.75, 3.05) is 0 Å². The Morgan fingerprint density at radius 1 is 0.647 bits per heavy atom. The second-order valence-corrected chi connectivity index (χ2v) is 8.04. The minimum Gasteiger partial charge on any atom is -0.337 e. The Bertz CT molecular complexity index is 1460. The minimum atomic E-state index is -0.405. The molecule has 0 fully saturated rings. The number of ketones is 2. The van der Waals surface area contributed by atoms with Gasteiger partial charge in [0.15, 0.2) is 11.6 Å². The summed E-state index contributed by atoms with van der Waals surface area (Å²) in [5.74, 6) is -1.24. The van der Waals surface area contributed by atoms with E-state index in [0.717, 1.165) is 21.8 Å². The molecule has 3 nitrogen and oxygen atoms in total. The third-order valence-corrected chi connectivity index (χ3v) is 5.91. The Kier molecular flexibility index (Phi) is 5.38. The zero-order valence-corrected chi connectivity index (χ0v) is 18.1. The second-order valence-electron chi connectivity index (χ2n) is 8.04. The van der Waals surface area contributed by atoms with Crippen LogP contribution in [0.2, 0.25) is 0 Å². The van der Waals surface area contributed by atoms with Crippen molar-refractivity contribution in [3.63, 3.8) is 0 Å². The fourth-order valence-electron chi connectivity index (χ4n) is 4.25. The maximum absolute atomic E-state index is 13.3. The van der Waals surface area contributed by atoms with Gasteiger partial charge in [-0.2, -0.15) is 0 Å². The third kappa shape index (κ3) is 3.71. The smallest absolute Gasteiger partial charge is 0.193 e. The van der Waals surface area contributed by atoms with Crippen molar-refractivity contribution in [3.8, 4) is 0 Å².